The average Bonchev–Trinajstić information content (AvgIpc) is 2.96. The Morgan fingerprint density at radius 2 is 1.57 bits per heavy atom. The molecule has 6 nitrogen and oxygen atoms in total. The SMILES string of the molecule is CC(=O)C1=C(O)[C@@]2(O)C(=O)C3=C(O)c4c(C)ccc(-c5ccc(CCCc6ccccc6)cc5)c4C[C@H]3C[C@H]2CC1=O. The van der Waals surface area contributed by atoms with Gasteiger partial charge in [-0.2, -0.15) is 0 Å². The Bertz CT molecular complexity index is 1680. The summed E-state index contributed by atoms with van der Waals surface area (Å²) in [6, 6.07) is 22.8. The van der Waals surface area contributed by atoms with Crippen LogP contribution in [-0.4, -0.2) is 38.3 Å². The van der Waals surface area contributed by atoms with E-state index in [2.05, 4.69) is 48.5 Å². The summed E-state index contributed by atoms with van der Waals surface area (Å²) >= 11 is 0. The van der Waals surface area contributed by atoms with Crippen molar-refractivity contribution in [3.8, 4) is 11.1 Å². The van der Waals surface area contributed by atoms with Crippen LogP contribution in [0.3, 0.4) is 0 Å². The second-order valence-corrected chi connectivity index (χ2v) is 11.9. The molecule has 6 heteroatoms. The van der Waals surface area contributed by atoms with Crippen LogP contribution in [0.2, 0.25) is 0 Å². The van der Waals surface area contributed by atoms with E-state index < -0.39 is 46.1 Å². The summed E-state index contributed by atoms with van der Waals surface area (Å²) in [6.07, 6.45) is 3.48. The number of carbonyl (C=O) groups excluding carboxylic acids is 3. The van der Waals surface area contributed by atoms with Gasteiger partial charge in [-0.3, -0.25) is 14.4 Å². The number of allylic oxidation sites excluding steroid dienone is 1. The lowest BCUT2D eigenvalue weighted by molar-refractivity contribution is -0.147. The molecular weight excluding hydrogens is 528 g/mol. The summed E-state index contributed by atoms with van der Waals surface area (Å²) in [5.74, 6) is -4.52. The molecule has 3 aromatic carbocycles. The number of hydrogen-bond donors (Lipinski definition) is 3. The lowest BCUT2D eigenvalue weighted by atomic mass is 9.58. The fraction of sp³-hybridized carbons (Fsp3) is 0.306. The van der Waals surface area contributed by atoms with E-state index in [1.165, 1.54) is 11.1 Å². The average molecular weight is 563 g/mol. The lowest BCUT2D eigenvalue weighted by Crippen LogP contribution is -2.57. The van der Waals surface area contributed by atoms with Gasteiger partial charge < -0.3 is 15.3 Å². The number of aliphatic hydroxyl groups is 3. The first-order valence-corrected chi connectivity index (χ1v) is 14.6. The molecule has 1 saturated carbocycles. The fourth-order valence-corrected chi connectivity index (χ4v) is 7.19. The summed E-state index contributed by atoms with van der Waals surface area (Å²) in [5, 5.41) is 33.9. The van der Waals surface area contributed by atoms with Gasteiger partial charge in [-0.05, 0) is 85.3 Å². The molecule has 3 aromatic rings. The van der Waals surface area contributed by atoms with E-state index in [1.54, 1.807) is 0 Å². The van der Waals surface area contributed by atoms with E-state index in [-0.39, 0.29) is 24.2 Å². The minimum atomic E-state index is -2.41. The predicted octanol–water partition coefficient (Wildman–Crippen LogP) is 5.97. The number of carbonyl (C=O) groups is 3. The molecule has 3 aliphatic carbocycles. The Morgan fingerprint density at radius 3 is 2.24 bits per heavy atom. The molecule has 3 aliphatic rings. The Labute approximate surface area is 245 Å². The van der Waals surface area contributed by atoms with Gasteiger partial charge in [0.2, 0.25) is 5.78 Å². The van der Waals surface area contributed by atoms with Gasteiger partial charge in [0, 0.05) is 23.5 Å². The summed E-state index contributed by atoms with van der Waals surface area (Å²) in [6.45, 7) is 2.99. The first kappa shape index (κ1) is 27.9. The predicted molar refractivity (Wildman–Crippen MR) is 160 cm³/mol. The monoisotopic (exact) mass is 562 g/mol. The van der Waals surface area contributed by atoms with Crippen LogP contribution in [0.25, 0.3) is 16.9 Å². The molecular formula is C36H34O6. The summed E-state index contributed by atoms with van der Waals surface area (Å²) in [5.41, 5.74) is 3.93. The zero-order valence-corrected chi connectivity index (χ0v) is 23.8. The van der Waals surface area contributed by atoms with Gasteiger partial charge in [-0.1, -0.05) is 66.7 Å². The molecule has 0 radical (unpaired) electrons. The first-order valence-electron chi connectivity index (χ1n) is 14.6. The Hall–Kier alpha value is -4.29. The smallest absolute Gasteiger partial charge is 0.202 e. The van der Waals surface area contributed by atoms with E-state index in [9.17, 15) is 29.7 Å². The third-order valence-electron chi connectivity index (χ3n) is 9.32. The van der Waals surface area contributed by atoms with Crippen molar-refractivity contribution in [1.82, 2.24) is 0 Å². The topological polar surface area (TPSA) is 112 Å². The van der Waals surface area contributed by atoms with Gasteiger partial charge in [0.15, 0.2) is 17.2 Å². The maximum atomic E-state index is 13.8. The second kappa shape index (κ2) is 10.5. The number of ketones is 3. The molecule has 0 aliphatic heterocycles. The molecule has 0 saturated heterocycles. The van der Waals surface area contributed by atoms with E-state index in [0.29, 0.717) is 12.0 Å². The van der Waals surface area contributed by atoms with E-state index >= 15 is 0 Å². The van der Waals surface area contributed by atoms with Gasteiger partial charge in [-0.25, -0.2) is 0 Å². The van der Waals surface area contributed by atoms with Crippen LogP contribution in [0.5, 0.6) is 0 Å². The summed E-state index contributed by atoms with van der Waals surface area (Å²) in [4.78, 5) is 38.6. The third-order valence-corrected chi connectivity index (χ3v) is 9.32. The summed E-state index contributed by atoms with van der Waals surface area (Å²) < 4.78 is 0. The van der Waals surface area contributed by atoms with Gasteiger partial charge >= 0.3 is 0 Å². The van der Waals surface area contributed by atoms with Crippen LogP contribution < -0.4 is 0 Å². The Kier molecular flexibility index (Phi) is 6.98. The number of hydrogen-bond acceptors (Lipinski definition) is 6. The zero-order chi connectivity index (χ0) is 29.8. The van der Waals surface area contributed by atoms with Crippen molar-refractivity contribution >= 4 is 23.1 Å². The minimum absolute atomic E-state index is 0.0547. The van der Waals surface area contributed by atoms with Crippen LogP contribution in [0.15, 0.2) is 83.6 Å². The molecule has 0 aromatic heterocycles. The van der Waals surface area contributed by atoms with Gasteiger partial charge in [0.25, 0.3) is 0 Å². The number of benzene rings is 3. The number of Topliss-reactive ketones (excluding diaryl/α,β-unsaturated/α-hetero) is 3. The maximum absolute atomic E-state index is 13.8. The highest BCUT2D eigenvalue weighted by Gasteiger charge is 2.60. The van der Waals surface area contributed by atoms with E-state index in [1.807, 2.05) is 25.1 Å². The van der Waals surface area contributed by atoms with Crippen molar-refractivity contribution in [2.24, 2.45) is 11.8 Å². The number of rotatable bonds is 6. The van der Waals surface area contributed by atoms with Crippen molar-refractivity contribution in [2.75, 3.05) is 0 Å². The van der Waals surface area contributed by atoms with Crippen molar-refractivity contribution in [3.05, 3.63) is 111 Å². The van der Waals surface area contributed by atoms with E-state index in [4.69, 9.17) is 0 Å². The quantitative estimate of drug-likeness (QED) is 0.319. The van der Waals surface area contributed by atoms with Crippen LogP contribution in [0, 0.1) is 18.8 Å². The highest BCUT2D eigenvalue weighted by molar-refractivity contribution is 6.23. The Morgan fingerprint density at radius 1 is 0.905 bits per heavy atom. The van der Waals surface area contributed by atoms with Crippen molar-refractivity contribution in [1.29, 1.82) is 0 Å². The van der Waals surface area contributed by atoms with E-state index in [0.717, 1.165) is 48.4 Å². The second-order valence-electron chi connectivity index (χ2n) is 11.9. The van der Waals surface area contributed by atoms with Gasteiger partial charge in [-0.15, -0.1) is 0 Å². The molecule has 0 amide bonds. The van der Waals surface area contributed by atoms with Crippen molar-refractivity contribution in [2.45, 2.75) is 58.0 Å². The van der Waals surface area contributed by atoms with Gasteiger partial charge in [0.1, 0.15) is 17.1 Å². The van der Waals surface area contributed by atoms with Crippen LogP contribution in [0.4, 0.5) is 0 Å². The van der Waals surface area contributed by atoms with Crippen LogP contribution in [-0.2, 0) is 33.6 Å². The van der Waals surface area contributed by atoms with Crippen molar-refractivity contribution < 1.29 is 29.7 Å². The molecule has 0 unspecified atom stereocenters. The number of aliphatic hydroxyl groups excluding tert-OH is 2. The maximum Gasteiger partial charge on any atom is 0.202 e. The molecule has 214 valence electrons. The molecule has 0 heterocycles. The highest BCUT2D eigenvalue weighted by atomic mass is 16.3. The van der Waals surface area contributed by atoms with Crippen molar-refractivity contribution in [3.63, 3.8) is 0 Å². The fourth-order valence-electron chi connectivity index (χ4n) is 7.19. The molecule has 6 rings (SSSR count). The normalized spacial score (nSPS) is 23.4. The summed E-state index contributed by atoms with van der Waals surface area (Å²) in [7, 11) is 0. The standard InChI is InChI=1S/C36H34O6/c1-20-11-16-27(24-14-12-23(13-15-24)10-6-9-22-7-4-3-5-8-22)28-18-25-17-26-19-29(38)31(21(2)37)34(40)36(26,42)35(41)32(25)33(39)30(20)28/h3-5,7-8,11-16,25-26,39-40,42H,6,9-10,17-19H2,1-2H3/t25-,26+,36-/m1/s1. The molecule has 1 fully saturated rings. The Balaban J connectivity index is 1.33. The molecule has 0 spiro atoms. The van der Waals surface area contributed by atoms with Crippen LogP contribution >= 0.6 is 0 Å². The zero-order valence-electron chi connectivity index (χ0n) is 23.8. The molecule has 42 heavy (non-hydrogen) atoms. The largest absolute Gasteiger partial charge is 0.508 e. The first-order chi connectivity index (χ1) is 20.1. The van der Waals surface area contributed by atoms with Crippen LogP contribution in [0.1, 0.15) is 54.0 Å². The molecule has 0 bridgehead atoms. The minimum Gasteiger partial charge on any atom is -0.508 e. The molecule has 3 N–H and O–H groups in total. The highest BCUT2D eigenvalue weighted by Crippen LogP contribution is 2.52. The number of fused-ring (bicyclic) bond motifs is 3. The third kappa shape index (κ3) is 4.42. The lowest BCUT2D eigenvalue weighted by Gasteiger charge is -2.46. The number of aryl methyl sites for hydroxylation is 3. The molecule has 3 atom stereocenters. The van der Waals surface area contributed by atoms with Gasteiger partial charge in [0.05, 0.1) is 0 Å².